The zero-order valence-electron chi connectivity index (χ0n) is 17.7. The summed E-state index contributed by atoms with van der Waals surface area (Å²) in [6.45, 7) is 5.59. The van der Waals surface area contributed by atoms with Crippen LogP contribution in [0.1, 0.15) is 25.3 Å². The fourth-order valence-corrected chi connectivity index (χ4v) is 4.69. The monoisotopic (exact) mass is 449 g/mol. The van der Waals surface area contributed by atoms with Gasteiger partial charge in [-0.2, -0.15) is 0 Å². The number of hydrogen-bond acceptors (Lipinski definition) is 4. The lowest BCUT2D eigenvalue weighted by atomic mass is 9.97. The number of sulfonamides is 1. The Labute approximate surface area is 182 Å². The SMILES string of the molecule is CCOc1ccc(S(=O)(=O)NCC2CCN(C(=O)Nc3ccc(F)cc3)CC2)cc1C. The summed E-state index contributed by atoms with van der Waals surface area (Å²) in [5, 5.41) is 2.75. The van der Waals surface area contributed by atoms with Crippen LogP contribution in [0.2, 0.25) is 0 Å². The van der Waals surface area contributed by atoms with Crippen LogP contribution in [0, 0.1) is 18.7 Å². The highest BCUT2D eigenvalue weighted by Gasteiger charge is 2.25. The van der Waals surface area contributed by atoms with Crippen molar-refractivity contribution in [2.45, 2.75) is 31.6 Å². The lowest BCUT2D eigenvalue weighted by molar-refractivity contribution is 0.183. The zero-order chi connectivity index (χ0) is 22.4. The van der Waals surface area contributed by atoms with Gasteiger partial charge in [0.2, 0.25) is 10.0 Å². The number of ether oxygens (including phenoxy) is 1. The number of carbonyl (C=O) groups excluding carboxylic acids is 1. The molecule has 3 rings (SSSR count). The van der Waals surface area contributed by atoms with E-state index in [1.807, 2.05) is 13.8 Å². The number of nitrogens with zero attached hydrogens (tertiary/aromatic N) is 1. The van der Waals surface area contributed by atoms with Crippen molar-refractivity contribution < 1.29 is 22.3 Å². The molecule has 1 aliphatic heterocycles. The molecule has 9 heteroatoms. The molecule has 31 heavy (non-hydrogen) atoms. The highest BCUT2D eigenvalue weighted by molar-refractivity contribution is 7.89. The maximum atomic E-state index is 13.0. The highest BCUT2D eigenvalue weighted by Crippen LogP contribution is 2.23. The van der Waals surface area contributed by atoms with E-state index in [2.05, 4.69) is 10.0 Å². The molecule has 0 radical (unpaired) electrons. The smallest absolute Gasteiger partial charge is 0.321 e. The average molecular weight is 450 g/mol. The molecule has 0 aliphatic carbocycles. The molecule has 2 N–H and O–H groups in total. The Morgan fingerprint density at radius 1 is 1.16 bits per heavy atom. The van der Waals surface area contributed by atoms with Crippen LogP contribution in [0.25, 0.3) is 0 Å². The van der Waals surface area contributed by atoms with E-state index in [-0.39, 0.29) is 22.7 Å². The first kappa shape index (κ1) is 23.0. The fourth-order valence-electron chi connectivity index (χ4n) is 3.49. The Hall–Kier alpha value is -2.65. The second kappa shape index (κ2) is 10.1. The molecule has 0 bridgehead atoms. The van der Waals surface area contributed by atoms with Crippen LogP contribution < -0.4 is 14.8 Å². The summed E-state index contributed by atoms with van der Waals surface area (Å²) >= 11 is 0. The lowest BCUT2D eigenvalue weighted by Gasteiger charge is -2.32. The largest absolute Gasteiger partial charge is 0.494 e. The molecular formula is C22H28FN3O4S. The number of hydrogen-bond donors (Lipinski definition) is 2. The summed E-state index contributed by atoms with van der Waals surface area (Å²) in [7, 11) is -3.62. The van der Waals surface area contributed by atoms with Crippen LogP contribution in [0.3, 0.4) is 0 Å². The van der Waals surface area contributed by atoms with Crippen molar-refractivity contribution in [3.63, 3.8) is 0 Å². The second-order valence-electron chi connectivity index (χ2n) is 7.58. The normalized spacial score (nSPS) is 15.0. The van der Waals surface area contributed by atoms with Crippen molar-refractivity contribution in [3.8, 4) is 5.75 Å². The number of aryl methyl sites for hydroxylation is 1. The topological polar surface area (TPSA) is 87.7 Å². The minimum absolute atomic E-state index is 0.147. The van der Waals surface area contributed by atoms with Gasteiger partial charge in [0.05, 0.1) is 11.5 Å². The van der Waals surface area contributed by atoms with E-state index < -0.39 is 10.0 Å². The molecule has 2 aromatic carbocycles. The maximum absolute atomic E-state index is 13.0. The quantitative estimate of drug-likeness (QED) is 0.674. The van der Waals surface area contributed by atoms with Gasteiger partial charge >= 0.3 is 6.03 Å². The van der Waals surface area contributed by atoms with Crippen molar-refractivity contribution >= 4 is 21.7 Å². The number of halogens is 1. The predicted molar refractivity (Wildman–Crippen MR) is 117 cm³/mol. The van der Waals surface area contributed by atoms with Gasteiger partial charge in [0.1, 0.15) is 11.6 Å². The number of rotatable bonds is 7. The molecule has 0 aromatic heterocycles. The summed E-state index contributed by atoms with van der Waals surface area (Å²) in [6.07, 6.45) is 1.39. The lowest BCUT2D eigenvalue weighted by Crippen LogP contribution is -2.43. The number of urea groups is 1. The van der Waals surface area contributed by atoms with Crippen LogP contribution in [0.5, 0.6) is 5.75 Å². The van der Waals surface area contributed by atoms with Crippen molar-refractivity contribution in [2.75, 3.05) is 31.6 Å². The van der Waals surface area contributed by atoms with Crippen LogP contribution in [0.4, 0.5) is 14.9 Å². The van der Waals surface area contributed by atoms with Gasteiger partial charge in [-0.1, -0.05) is 0 Å². The van der Waals surface area contributed by atoms with Crippen molar-refractivity contribution in [2.24, 2.45) is 5.92 Å². The van der Waals surface area contributed by atoms with Crippen LogP contribution in [-0.4, -0.2) is 45.6 Å². The van der Waals surface area contributed by atoms with Crippen molar-refractivity contribution in [1.82, 2.24) is 9.62 Å². The Morgan fingerprint density at radius 3 is 2.45 bits per heavy atom. The molecule has 0 unspecified atom stereocenters. The number of anilines is 1. The number of carbonyl (C=O) groups is 1. The van der Waals surface area contributed by atoms with E-state index >= 15 is 0 Å². The molecule has 168 valence electrons. The average Bonchev–Trinajstić information content (AvgIpc) is 2.76. The van der Waals surface area contributed by atoms with E-state index in [9.17, 15) is 17.6 Å². The first-order chi connectivity index (χ1) is 14.8. The molecule has 1 fully saturated rings. The molecular weight excluding hydrogens is 421 g/mol. The highest BCUT2D eigenvalue weighted by atomic mass is 32.2. The summed E-state index contributed by atoms with van der Waals surface area (Å²) in [5.41, 5.74) is 1.30. The minimum Gasteiger partial charge on any atom is -0.494 e. The predicted octanol–water partition coefficient (Wildman–Crippen LogP) is 3.76. The molecule has 2 amide bonds. The Kier molecular flexibility index (Phi) is 7.50. The summed E-state index contributed by atoms with van der Waals surface area (Å²) in [5.74, 6) is 0.461. The number of amides is 2. The van der Waals surface area contributed by atoms with E-state index in [1.165, 1.54) is 24.3 Å². The van der Waals surface area contributed by atoms with Gasteiger partial charge in [-0.25, -0.2) is 22.3 Å². The second-order valence-corrected chi connectivity index (χ2v) is 9.35. The Bertz CT molecular complexity index is 1000. The maximum Gasteiger partial charge on any atom is 0.321 e. The summed E-state index contributed by atoms with van der Waals surface area (Å²) in [4.78, 5) is 14.3. The molecule has 0 saturated carbocycles. The molecule has 7 nitrogen and oxygen atoms in total. The van der Waals surface area contributed by atoms with Gasteiger partial charge in [0, 0.05) is 25.3 Å². The van der Waals surface area contributed by atoms with Crippen molar-refractivity contribution in [3.05, 3.63) is 53.8 Å². The van der Waals surface area contributed by atoms with E-state index in [0.29, 0.717) is 50.5 Å². The summed E-state index contributed by atoms with van der Waals surface area (Å²) < 4.78 is 46.4. The van der Waals surface area contributed by atoms with Crippen LogP contribution in [-0.2, 0) is 10.0 Å². The molecule has 1 saturated heterocycles. The first-order valence-electron chi connectivity index (χ1n) is 10.3. The fraction of sp³-hybridized carbons (Fsp3) is 0.409. The number of nitrogens with one attached hydrogen (secondary N) is 2. The van der Waals surface area contributed by atoms with Gasteiger partial charge in [-0.3, -0.25) is 0 Å². The Balaban J connectivity index is 1.48. The standard InChI is InChI=1S/C22H28FN3O4S/c1-3-30-21-9-8-20(14-16(21)2)31(28,29)24-15-17-10-12-26(13-11-17)22(27)25-19-6-4-18(23)5-7-19/h4-9,14,17,24H,3,10-13,15H2,1-2H3,(H,25,27). The third-order valence-corrected chi connectivity index (χ3v) is 6.74. The third-order valence-electron chi connectivity index (χ3n) is 5.32. The van der Waals surface area contributed by atoms with E-state index in [0.717, 1.165) is 5.56 Å². The molecule has 2 aromatic rings. The van der Waals surface area contributed by atoms with Crippen LogP contribution >= 0.6 is 0 Å². The molecule has 0 spiro atoms. The van der Waals surface area contributed by atoms with Crippen LogP contribution in [0.15, 0.2) is 47.4 Å². The summed E-state index contributed by atoms with van der Waals surface area (Å²) in [6, 6.07) is 10.2. The van der Waals surface area contributed by atoms with Gasteiger partial charge in [-0.05, 0) is 80.6 Å². The number of piperidine rings is 1. The van der Waals surface area contributed by atoms with Gasteiger partial charge < -0.3 is 15.0 Å². The van der Waals surface area contributed by atoms with E-state index in [1.54, 1.807) is 23.1 Å². The van der Waals surface area contributed by atoms with Gasteiger partial charge in [0.15, 0.2) is 0 Å². The minimum atomic E-state index is -3.62. The van der Waals surface area contributed by atoms with Crippen molar-refractivity contribution in [1.29, 1.82) is 0 Å². The van der Waals surface area contributed by atoms with Gasteiger partial charge in [-0.15, -0.1) is 0 Å². The van der Waals surface area contributed by atoms with Gasteiger partial charge in [0.25, 0.3) is 0 Å². The molecule has 0 atom stereocenters. The first-order valence-corrected chi connectivity index (χ1v) is 11.8. The Morgan fingerprint density at radius 2 is 1.84 bits per heavy atom. The number of likely N-dealkylation sites (tertiary alicyclic amines) is 1. The molecule has 1 aliphatic rings. The molecule has 1 heterocycles. The number of benzene rings is 2. The third kappa shape index (κ3) is 6.18. The zero-order valence-corrected chi connectivity index (χ0v) is 18.5. The van der Waals surface area contributed by atoms with E-state index in [4.69, 9.17) is 4.74 Å².